The average molecular weight is 343 g/mol. The van der Waals surface area contributed by atoms with Crippen LogP contribution in [0.25, 0.3) is 0 Å². The Hall–Kier alpha value is -1.27. The van der Waals surface area contributed by atoms with Gasteiger partial charge in [-0.05, 0) is 30.4 Å². The van der Waals surface area contributed by atoms with Gasteiger partial charge in [0.1, 0.15) is 0 Å². The smallest absolute Gasteiger partial charge is 0.0959 e. The Balaban J connectivity index is 1.20. The summed E-state index contributed by atoms with van der Waals surface area (Å²) in [5.41, 5.74) is 3.97. The van der Waals surface area contributed by atoms with Gasteiger partial charge in [0.2, 0.25) is 0 Å². The molecule has 0 amide bonds. The van der Waals surface area contributed by atoms with Gasteiger partial charge < -0.3 is 10.4 Å². The zero-order valence-electron chi connectivity index (χ0n) is 13.9. The van der Waals surface area contributed by atoms with E-state index in [9.17, 15) is 5.11 Å². The Morgan fingerprint density at radius 2 is 2.12 bits per heavy atom. The zero-order valence-corrected chi connectivity index (χ0v) is 14.8. The summed E-state index contributed by atoms with van der Waals surface area (Å²) in [6.07, 6.45) is 3.35. The number of aliphatic hydroxyl groups excluding tert-OH is 1. The van der Waals surface area contributed by atoms with E-state index in [1.807, 2.05) is 0 Å². The van der Waals surface area contributed by atoms with Gasteiger partial charge in [0.15, 0.2) is 0 Å². The van der Waals surface area contributed by atoms with E-state index in [1.54, 1.807) is 11.3 Å². The summed E-state index contributed by atoms with van der Waals surface area (Å²) >= 11 is 1.78. The van der Waals surface area contributed by atoms with Crippen molar-refractivity contribution in [2.24, 2.45) is 0 Å². The number of benzene rings is 1. The molecule has 5 heteroatoms. The fourth-order valence-electron chi connectivity index (χ4n) is 3.36. The van der Waals surface area contributed by atoms with Crippen molar-refractivity contribution in [1.29, 1.82) is 0 Å². The molecule has 1 fully saturated rings. The van der Waals surface area contributed by atoms with Crippen LogP contribution in [0.2, 0.25) is 0 Å². The SMILES string of the molecule is OC(CNCc1csc(C2CC2)n1)CN1CCc2ccccc2C1. The second-order valence-electron chi connectivity index (χ2n) is 6.99. The lowest BCUT2D eigenvalue weighted by atomic mass is 10.00. The third kappa shape index (κ3) is 4.03. The van der Waals surface area contributed by atoms with Gasteiger partial charge in [0.25, 0.3) is 0 Å². The third-order valence-electron chi connectivity index (χ3n) is 4.86. The van der Waals surface area contributed by atoms with Crippen molar-refractivity contribution in [1.82, 2.24) is 15.2 Å². The molecule has 2 aromatic rings. The molecule has 0 radical (unpaired) electrons. The lowest BCUT2D eigenvalue weighted by Crippen LogP contribution is -2.40. The largest absolute Gasteiger partial charge is 0.390 e. The van der Waals surface area contributed by atoms with Gasteiger partial charge in [-0.2, -0.15) is 0 Å². The molecule has 1 aliphatic carbocycles. The normalized spacial score (nSPS) is 19.2. The fourth-order valence-corrected chi connectivity index (χ4v) is 4.35. The number of nitrogens with zero attached hydrogens (tertiary/aromatic N) is 2. The highest BCUT2D eigenvalue weighted by Gasteiger charge is 2.26. The molecule has 24 heavy (non-hydrogen) atoms. The van der Waals surface area contributed by atoms with Crippen molar-refractivity contribution in [3.8, 4) is 0 Å². The second-order valence-corrected chi connectivity index (χ2v) is 7.88. The van der Waals surface area contributed by atoms with E-state index in [0.29, 0.717) is 6.54 Å². The Morgan fingerprint density at radius 1 is 1.29 bits per heavy atom. The number of hydrogen-bond donors (Lipinski definition) is 2. The van der Waals surface area contributed by atoms with Crippen LogP contribution in [0.15, 0.2) is 29.6 Å². The first-order valence-corrected chi connectivity index (χ1v) is 9.78. The van der Waals surface area contributed by atoms with E-state index >= 15 is 0 Å². The Labute approximate surface area is 147 Å². The van der Waals surface area contributed by atoms with Crippen LogP contribution < -0.4 is 5.32 Å². The summed E-state index contributed by atoms with van der Waals surface area (Å²) in [6, 6.07) is 8.63. The number of hydrogen-bond acceptors (Lipinski definition) is 5. The lowest BCUT2D eigenvalue weighted by molar-refractivity contribution is 0.104. The predicted molar refractivity (Wildman–Crippen MR) is 97.2 cm³/mol. The van der Waals surface area contributed by atoms with Crippen LogP contribution in [0.4, 0.5) is 0 Å². The van der Waals surface area contributed by atoms with Gasteiger partial charge in [-0.3, -0.25) is 4.90 Å². The predicted octanol–water partition coefficient (Wildman–Crippen LogP) is 2.53. The van der Waals surface area contributed by atoms with Crippen LogP contribution in [-0.4, -0.2) is 40.7 Å². The molecule has 1 atom stereocenters. The third-order valence-corrected chi connectivity index (χ3v) is 5.92. The number of β-amino-alcohol motifs (C(OH)–C–C–N with tert-alkyl or cyclic N) is 1. The molecule has 4 nitrogen and oxygen atoms in total. The van der Waals surface area contributed by atoms with Gasteiger partial charge >= 0.3 is 0 Å². The molecule has 1 saturated carbocycles. The first-order valence-electron chi connectivity index (χ1n) is 8.90. The molecule has 2 N–H and O–H groups in total. The highest BCUT2D eigenvalue weighted by atomic mass is 32.1. The summed E-state index contributed by atoms with van der Waals surface area (Å²) in [4.78, 5) is 7.02. The minimum absolute atomic E-state index is 0.336. The molecule has 1 aliphatic heterocycles. The fraction of sp³-hybridized carbons (Fsp3) is 0.526. The maximum atomic E-state index is 10.3. The van der Waals surface area contributed by atoms with Gasteiger partial charge in [0.05, 0.1) is 16.8 Å². The Kier molecular flexibility index (Phi) is 4.94. The van der Waals surface area contributed by atoms with Crippen molar-refractivity contribution < 1.29 is 5.11 Å². The first kappa shape index (κ1) is 16.2. The summed E-state index contributed by atoms with van der Waals surface area (Å²) in [5, 5.41) is 17.1. The minimum atomic E-state index is -0.336. The van der Waals surface area contributed by atoms with Gasteiger partial charge in [0, 0.05) is 44.0 Å². The van der Waals surface area contributed by atoms with E-state index in [0.717, 1.165) is 44.2 Å². The van der Waals surface area contributed by atoms with Gasteiger partial charge in [-0.25, -0.2) is 4.98 Å². The number of aromatic nitrogens is 1. The van der Waals surface area contributed by atoms with Crippen LogP contribution >= 0.6 is 11.3 Å². The molecule has 0 bridgehead atoms. The molecule has 1 unspecified atom stereocenters. The molecule has 0 saturated heterocycles. The first-order chi connectivity index (χ1) is 11.8. The Bertz CT molecular complexity index is 683. The topological polar surface area (TPSA) is 48.4 Å². The standard InChI is InChI=1S/C19H25N3OS/c23-18(10-20-9-17-13-24-19(21-17)15-5-6-15)12-22-8-7-14-3-1-2-4-16(14)11-22/h1-4,13,15,18,20,23H,5-12H2. The lowest BCUT2D eigenvalue weighted by Gasteiger charge is -2.30. The summed E-state index contributed by atoms with van der Waals surface area (Å²) in [7, 11) is 0. The monoisotopic (exact) mass is 343 g/mol. The van der Waals surface area contributed by atoms with Crippen molar-refractivity contribution in [3.63, 3.8) is 0 Å². The average Bonchev–Trinajstić information content (AvgIpc) is 3.34. The van der Waals surface area contributed by atoms with Crippen molar-refractivity contribution in [3.05, 3.63) is 51.5 Å². The molecule has 0 spiro atoms. The number of fused-ring (bicyclic) bond motifs is 1. The number of rotatable bonds is 7. The maximum Gasteiger partial charge on any atom is 0.0959 e. The summed E-state index contributed by atoms with van der Waals surface area (Å²) in [6.45, 7) is 4.08. The molecular formula is C19H25N3OS. The van der Waals surface area contributed by atoms with Crippen molar-refractivity contribution in [2.45, 2.75) is 44.4 Å². The van der Waals surface area contributed by atoms with E-state index in [1.165, 1.54) is 29.0 Å². The van der Waals surface area contributed by atoms with Gasteiger partial charge in [-0.1, -0.05) is 24.3 Å². The van der Waals surface area contributed by atoms with Crippen LogP contribution in [0, 0.1) is 0 Å². The molecule has 2 heterocycles. The molecule has 128 valence electrons. The van der Waals surface area contributed by atoms with Crippen LogP contribution in [0.5, 0.6) is 0 Å². The van der Waals surface area contributed by atoms with Crippen LogP contribution in [0.3, 0.4) is 0 Å². The Morgan fingerprint density at radius 3 is 2.96 bits per heavy atom. The highest BCUT2D eigenvalue weighted by molar-refractivity contribution is 7.09. The number of thiazole rings is 1. The molecular weight excluding hydrogens is 318 g/mol. The van der Waals surface area contributed by atoms with Crippen molar-refractivity contribution >= 4 is 11.3 Å². The minimum Gasteiger partial charge on any atom is -0.390 e. The van der Waals surface area contributed by atoms with E-state index in [-0.39, 0.29) is 6.10 Å². The zero-order chi connectivity index (χ0) is 16.4. The summed E-state index contributed by atoms with van der Waals surface area (Å²) in [5.74, 6) is 0.733. The number of nitrogens with one attached hydrogen (secondary N) is 1. The molecule has 1 aromatic carbocycles. The van der Waals surface area contributed by atoms with Crippen LogP contribution in [-0.2, 0) is 19.5 Å². The van der Waals surface area contributed by atoms with E-state index in [2.05, 4.69) is 44.8 Å². The van der Waals surface area contributed by atoms with E-state index in [4.69, 9.17) is 0 Å². The maximum absolute atomic E-state index is 10.3. The van der Waals surface area contributed by atoms with Gasteiger partial charge in [-0.15, -0.1) is 11.3 Å². The quantitative estimate of drug-likeness (QED) is 0.811. The van der Waals surface area contributed by atoms with Crippen LogP contribution in [0.1, 0.15) is 40.6 Å². The second kappa shape index (κ2) is 7.31. The molecule has 1 aromatic heterocycles. The number of aliphatic hydroxyl groups is 1. The summed E-state index contributed by atoms with van der Waals surface area (Å²) < 4.78 is 0. The molecule has 4 rings (SSSR count). The van der Waals surface area contributed by atoms with E-state index < -0.39 is 0 Å². The highest BCUT2D eigenvalue weighted by Crippen LogP contribution is 2.41. The molecule has 2 aliphatic rings. The van der Waals surface area contributed by atoms with Crippen molar-refractivity contribution in [2.75, 3.05) is 19.6 Å².